The summed E-state index contributed by atoms with van der Waals surface area (Å²) in [6.45, 7) is 9.16. The van der Waals surface area contributed by atoms with Gasteiger partial charge in [-0.15, -0.1) is 0 Å². The van der Waals surface area contributed by atoms with E-state index in [0.717, 1.165) is 5.56 Å². The number of aliphatic hydroxyl groups is 1. The Bertz CT molecular complexity index is 1720. The van der Waals surface area contributed by atoms with Crippen molar-refractivity contribution in [3.05, 3.63) is 147 Å². The first kappa shape index (κ1) is 67.7. The zero-order valence-electron chi connectivity index (χ0n) is 39.8. The van der Waals surface area contributed by atoms with E-state index in [4.69, 9.17) is 64.8 Å². The second-order valence-corrected chi connectivity index (χ2v) is 16.2. The number of hydrogen-bond acceptors (Lipinski definition) is 14. The molecule has 0 fully saturated rings. The van der Waals surface area contributed by atoms with Gasteiger partial charge in [0, 0.05) is 46.4 Å². The van der Waals surface area contributed by atoms with E-state index < -0.39 is 18.0 Å². The minimum Gasteiger partial charge on any atom is -0.394 e. The summed E-state index contributed by atoms with van der Waals surface area (Å²) in [5.41, 5.74) is 27.5. The molecule has 0 unspecified atom stereocenters. The topological polar surface area (TPSA) is 271 Å². The Morgan fingerprint density at radius 1 is 0.552 bits per heavy atom. The molecule has 0 radical (unpaired) electrons. The number of aryl methyl sites for hydroxylation is 1. The molecule has 0 aromatic heterocycles. The van der Waals surface area contributed by atoms with Gasteiger partial charge in [-0.25, -0.2) is 0 Å². The number of rotatable bonds is 27. The molecule has 0 aliphatic carbocycles. The Kier molecular flexibility index (Phi) is 52.4. The van der Waals surface area contributed by atoms with E-state index in [9.17, 15) is 8.42 Å². The van der Waals surface area contributed by atoms with Crippen molar-refractivity contribution < 1.29 is 85.2 Å². The van der Waals surface area contributed by atoms with Crippen LogP contribution in [0.5, 0.6) is 0 Å². The van der Waals surface area contributed by atoms with E-state index in [1.807, 2.05) is 6.92 Å². The zero-order chi connectivity index (χ0) is 49.2. The third kappa shape index (κ3) is 41.2. The van der Waals surface area contributed by atoms with Crippen molar-refractivity contribution in [1.29, 1.82) is 0 Å². The fourth-order valence-electron chi connectivity index (χ4n) is 4.43. The molecule has 0 heterocycles. The van der Waals surface area contributed by atoms with E-state index in [1.165, 1.54) is 33.0 Å². The Morgan fingerprint density at radius 2 is 0.910 bits per heavy atom. The predicted molar refractivity (Wildman–Crippen MR) is 260 cm³/mol. The molecule has 3 N–H and O–H groups in total. The minimum atomic E-state index is -3.68. The van der Waals surface area contributed by atoms with Crippen molar-refractivity contribution in [3.63, 3.8) is 0 Å². The van der Waals surface area contributed by atoms with Crippen molar-refractivity contribution in [2.45, 2.75) is 11.8 Å². The van der Waals surface area contributed by atoms with Crippen molar-refractivity contribution >= 4 is 34.0 Å². The third-order valence-corrected chi connectivity index (χ3v) is 11.2. The maximum Gasteiger partial charge on any atom is 1.00 e. The summed E-state index contributed by atoms with van der Waals surface area (Å²) in [4.78, 5) is 4.22. The summed E-state index contributed by atoms with van der Waals surface area (Å²) >= 11 is 0. The number of ether oxygens (including phenoxy) is 8. The number of hydrogen-bond donors (Lipinski definition) is 2. The monoisotopic (exact) mass is 985 g/mol. The molecule has 0 spiro atoms. The van der Waals surface area contributed by atoms with Gasteiger partial charge >= 0.3 is 29.6 Å². The van der Waals surface area contributed by atoms with Crippen LogP contribution < -0.4 is 51.2 Å². The minimum absolute atomic E-state index is 0. The Balaban J connectivity index is -0.000000788. The van der Waals surface area contributed by atoms with Crippen molar-refractivity contribution in [1.82, 2.24) is 0 Å². The zero-order valence-corrected chi connectivity index (χ0v) is 43.5. The number of nitrogens with two attached hydrogens (primary N) is 1. The van der Waals surface area contributed by atoms with Crippen LogP contribution in [-0.2, 0) is 52.2 Å². The number of benzene rings is 4. The van der Waals surface area contributed by atoms with Crippen LogP contribution in [0.3, 0.4) is 0 Å². The van der Waals surface area contributed by atoms with Crippen LogP contribution in [0.25, 0.3) is 26.4 Å². The van der Waals surface area contributed by atoms with E-state index in [2.05, 4.69) is 106 Å². The summed E-state index contributed by atoms with van der Waals surface area (Å²) in [5.74, 6) is 0. The summed E-state index contributed by atoms with van der Waals surface area (Å²) in [7, 11) is 2.31. The van der Waals surface area contributed by atoms with E-state index in [-0.39, 0.29) is 54.3 Å². The van der Waals surface area contributed by atoms with E-state index in [0.29, 0.717) is 85.8 Å². The van der Waals surface area contributed by atoms with Crippen molar-refractivity contribution in [2.75, 3.05) is 134 Å². The summed E-state index contributed by atoms with van der Waals surface area (Å²) in [6, 6.07) is 38.8. The molecule has 0 bridgehead atoms. The molecule has 4 aromatic carbocycles. The second-order valence-electron chi connectivity index (χ2n) is 12.4. The first-order valence-electron chi connectivity index (χ1n) is 20.7. The van der Waals surface area contributed by atoms with Crippen molar-refractivity contribution in [3.8, 4) is 0 Å². The van der Waals surface area contributed by atoms with Gasteiger partial charge in [0.05, 0.1) is 97.4 Å². The fraction of sp³-hybridized carbons (Fsp3) is 0.467. The van der Waals surface area contributed by atoms with E-state index >= 15 is 0 Å². The summed E-state index contributed by atoms with van der Waals surface area (Å²) in [5, 5.41) is 15.7. The molecule has 22 heteroatoms. The molecule has 0 aliphatic heterocycles. The van der Waals surface area contributed by atoms with Gasteiger partial charge in [-0.2, -0.15) is 8.42 Å². The fourth-order valence-corrected chi connectivity index (χ4v) is 7.63. The average molecular weight is 986 g/mol. The molecule has 19 nitrogen and oxygen atoms in total. The summed E-state index contributed by atoms with van der Waals surface area (Å²) in [6.07, 6.45) is 0. The largest absolute Gasteiger partial charge is 1.00 e. The predicted octanol–water partition coefficient (Wildman–Crippen LogP) is 2.89. The average Bonchev–Trinajstić information content (AvgIpc) is 3.34. The molecule has 4 aromatic rings. The molecule has 0 amide bonds. The van der Waals surface area contributed by atoms with Crippen LogP contribution in [0.1, 0.15) is 5.56 Å². The van der Waals surface area contributed by atoms with Crippen LogP contribution in [0, 0.1) is 6.92 Å². The standard InChI is InChI=1S/C18H15P.C12H18O5S.C5H11N3O2.C5H13NO2.C5H12O3.N3.Na/c1-4-10-16(11-5-1)19(17-12-6-2-7-13-17)18-14-8-3-9-15-18;1-11-3-5-12(6-4-11)18(13,14)17-10-9-16-8-7-15-2;1-9-4-5-10-3-2-7-8-6;2*1-7-4-5-8-3-2-6;1-3-2;/h1-15H;3-6H,7-10H2,1-2H3;2-5H2,1H3;2-6H2,1H3;6H,2-5H2,1H3;;/q;;;;;-1;+1. The Morgan fingerprint density at radius 3 is 1.27 bits per heavy atom. The van der Waals surface area contributed by atoms with Gasteiger partial charge < -0.3 is 59.8 Å². The molecular weight excluding hydrogens is 917 g/mol. The van der Waals surface area contributed by atoms with Gasteiger partial charge in [0.2, 0.25) is 0 Å². The molecule has 4 rings (SSSR count). The molecule has 0 saturated heterocycles. The number of azide groups is 1. The van der Waals surface area contributed by atoms with E-state index in [1.54, 1.807) is 40.6 Å². The first-order valence-corrected chi connectivity index (χ1v) is 23.4. The van der Waals surface area contributed by atoms with Gasteiger partial charge in [0.25, 0.3) is 10.1 Å². The van der Waals surface area contributed by atoms with Gasteiger partial charge in [-0.1, -0.05) is 114 Å². The maximum absolute atomic E-state index is 11.7. The smallest absolute Gasteiger partial charge is 0.394 e. The first-order chi connectivity index (χ1) is 32.2. The molecule has 368 valence electrons. The van der Waals surface area contributed by atoms with Crippen LogP contribution in [0.15, 0.2) is 125 Å². The van der Waals surface area contributed by atoms with Gasteiger partial charge in [0.1, 0.15) is 0 Å². The van der Waals surface area contributed by atoms with Crippen LogP contribution in [-0.4, -0.2) is 148 Å². The Hall–Kier alpha value is -3.56. The normalized spacial score (nSPS) is 9.91. The molecule has 0 atom stereocenters. The molecule has 67 heavy (non-hydrogen) atoms. The SMILES string of the molecule is COCCOCCN.COCCOCCN=[N+]=[N-].COCCOCCO.COCCOCCOS(=O)(=O)c1ccc(C)cc1.[N-]=[N+]=[N-].[Na+].c1ccc(P(c2ccccc2)c2ccccc2)cc1. The van der Waals surface area contributed by atoms with Gasteiger partial charge in [-0.05, 0) is 48.4 Å². The maximum atomic E-state index is 11.7. The van der Waals surface area contributed by atoms with Crippen molar-refractivity contribution in [2.24, 2.45) is 10.8 Å². The third-order valence-electron chi connectivity index (χ3n) is 7.44. The van der Waals surface area contributed by atoms with Gasteiger partial charge in [-0.3, -0.25) is 9.09 Å². The number of nitrogens with zero attached hydrogens (tertiary/aromatic N) is 6. The van der Waals surface area contributed by atoms with Crippen LogP contribution in [0.2, 0.25) is 0 Å². The summed E-state index contributed by atoms with van der Waals surface area (Å²) < 4.78 is 67.1. The molecule has 0 aliphatic rings. The second kappa shape index (κ2) is 51.8. The molecular formula is C45H69N7NaO12PS. The quantitative estimate of drug-likeness (QED) is 0.0166. The molecule has 0 saturated carbocycles. The Labute approximate surface area is 420 Å². The number of methoxy groups -OCH3 is 4. The van der Waals surface area contributed by atoms with Crippen LogP contribution in [0.4, 0.5) is 0 Å². The van der Waals surface area contributed by atoms with Crippen LogP contribution >= 0.6 is 7.92 Å². The van der Waals surface area contributed by atoms with Gasteiger partial charge in [0.15, 0.2) is 0 Å². The number of aliphatic hydroxyl groups excluding tert-OH is 1.